The van der Waals surface area contributed by atoms with E-state index in [1.165, 1.54) is 25.5 Å². The van der Waals surface area contributed by atoms with Crippen LogP contribution in [0.1, 0.15) is 48.0 Å². The lowest BCUT2D eigenvalue weighted by Gasteiger charge is -2.41. The number of hydroxylamine groups is 1. The third-order valence-electron chi connectivity index (χ3n) is 8.59. The molecule has 0 aliphatic heterocycles. The summed E-state index contributed by atoms with van der Waals surface area (Å²) >= 11 is 6.34. The number of benzene rings is 3. The van der Waals surface area contributed by atoms with Crippen molar-refractivity contribution in [3.05, 3.63) is 106 Å². The molecule has 2 bridgehead atoms. The summed E-state index contributed by atoms with van der Waals surface area (Å²) in [6.07, 6.45) is 2.19. The Labute approximate surface area is 274 Å². The van der Waals surface area contributed by atoms with Crippen LogP contribution in [0.4, 0.5) is 18.9 Å². The van der Waals surface area contributed by atoms with Gasteiger partial charge in [-0.3, -0.25) is 4.79 Å². The molecule has 0 aromatic heterocycles. The van der Waals surface area contributed by atoms with E-state index in [4.69, 9.17) is 21.2 Å². The van der Waals surface area contributed by atoms with Gasteiger partial charge in [0.25, 0.3) is 5.91 Å². The van der Waals surface area contributed by atoms with E-state index in [9.17, 15) is 36.3 Å². The monoisotopic (exact) mass is 692 g/mol. The second-order valence-corrected chi connectivity index (χ2v) is 14.3. The highest BCUT2D eigenvalue weighted by Gasteiger charge is 2.54. The Hall–Kier alpha value is -3.91. The molecule has 0 saturated heterocycles. The number of aliphatic hydroxyl groups is 1. The van der Waals surface area contributed by atoms with E-state index in [0.717, 1.165) is 11.6 Å². The number of hydrogen-bond donors (Lipinski definition) is 3. The fourth-order valence-corrected chi connectivity index (χ4v) is 9.45. The van der Waals surface area contributed by atoms with Crippen LogP contribution in [0.15, 0.2) is 77.4 Å². The first-order valence-electron chi connectivity index (χ1n) is 14.7. The number of carbonyl (C=O) groups is 2. The number of hydrogen-bond acceptors (Lipinski definition) is 8. The number of fused-ring (bicyclic) bond motifs is 2. The van der Waals surface area contributed by atoms with Gasteiger partial charge in [-0.15, -0.1) is 0 Å². The average Bonchev–Trinajstić information content (AvgIpc) is 3.34. The second kappa shape index (κ2) is 14.1. The van der Waals surface area contributed by atoms with Crippen molar-refractivity contribution in [3.63, 3.8) is 0 Å². The quantitative estimate of drug-likeness (QED) is 0.0568. The minimum absolute atomic E-state index is 0.0681. The van der Waals surface area contributed by atoms with Gasteiger partial charge < -0.3 is 20.0 Å². The number of ether oxygens (including phenoxy) is 1. The van der Waals surface area contributed by atoms with Crippen molar-refractivity contribution >= 4 is 39.0 Å². The van der Waals surface area contributed by atoms with E-state index in [1.54, 1.807) is 0 Å². The van der Waals surface area contributed by atoms with Gasteiger partial charge in [0.1, 0.15) is 6.26 Å². The lowest BCUT2D eigenvalue weighted by atomic mass is 9.74. The molecule has 2 aliphatic carbocycles. The molecule has 250 valence electrons. The van der Waals surface area contributed by atoms with E-state index in [-0.39, 0.29) is 46.0 Å². The Bertz CT molecular complexity index is 1770. The predicted octanol–water partition coefficient (Wildman–Crippen LogP) is 5.87. The van der Waals surface area contributed by atoms with E-state index in [1.807, 2.05) is 30.3 Å². The second-order valence-electron chi connectivity index (χ2n) is 11.8. The van der Waals surface area contributed by atoms with Gasteiger partial charge in [-0.25, -0.2) is 26.4 Å². The molecule has 2 unspecified atom stereocenters. The summed E-state index contributed by atoms with van der Waals surface area (Å²) in [6.45, 7) is 0.356. The normalized spacial score (nSPS) is 22.5. The highest BCUT2D eigenvalue weighted by Crippen LogP contribution is 2.53. The fourth-order valence-electron chi connectivity index (χ4n) is 6.61. The fraction of sp³-hybridized carbons (Fsp3) is 0.333. The summed E-state index contributed by atoms with van der Waals surface area (Å²) in [5.41, 5.74) is 1.80. The van der Waals surface area contributed by atoms with Crippen molar-refractivity contribution in [1.82, 2.24) is 5.48 Å². The molecule has 5 rings (SSSR count). The topological polar surface area (TPSA) is 131 Å². The van der Waals surface area contributed by atoms with Gasteiger partial charge in [0, 0.05) is 29.8 Å². The Kier molecular flexibility index (Phi) is 10.3. The number of amides is 1. The number of methoxy groups -OCH3 is 1. The molecule has 1 amide bonds. The van der Waals surface area contributed by atoms with Crippen LogP contribution in [-0.2, 0) is 30.8 Å². The zero-order valence-electron chi connectivity index (χ0n) is 25.1. The molecule has 0 heterocycles. The molecule has 2 fully saturated rings. The van der Waals surface area contributed by atoms with Crippen LogP contribution >= 0.6 is 11.6 Å². The largest absolute Gasteiger partial charge is 0.466 e. The zero-order valence-corrected chi connectivity index (χ0v) is 26.7. The number of sulfone groups is 1. The Morgan fingerprint density at radius 3 is 2.28 bits per heavy atom. The maximum absolute atomic E-state index is 14.1. The van der Waals surface area contributed by atoms with E-state index >= 15 is 0 Å². The molecule has 3 aromatic carbocycles. The van der Waals surface area contributed by atoms with Crippen molar-refractivity contribution in [2.75, 3.05) is 12.4 Å². The molecule has 3 N–H and O–H groups in total. The Morgan fingerprint density at radius 2 is 1.66 bits per heavy atom. The molecule has 0 spiro atoms. The highest BCUT2D eigenvalue weighted by atomic mass is 35.5. The van der Waals surface area contributed by atoms with Gasteiger partial charge in [0.05, 0.1) is 40.0 Å². The number of rotatable bonds is 11. The number of carbonyl (C=O) groups excluding carboxylic acids is 2. The van der Waals surface area contributed by atoms with Crippen molar-refractivity contribution in [3.8, 4) is 0 Å². The SMILES string of the molecule is COC(=O)/C(=C/ONCc1ccccc1)CC1(O)CC2CCC(C1)C2S(=O)(=O)c1cc(C(=O)Nc2cc(F)c(F)c(F)c2)ccc1Cl. The first-order chi connectivity index (χ1) is 22.3. The molecule has 2 aliphatic rings. The van der Waals surface area contributed by atoms with Gasteiger partial charge in [0.15, 0.2) is 27.3 Å². The Balaban J connectivity index is 1.31. The predicted molar refractivity (Wildman–Crippen MR) is 166 cm³/mol. The standard InChI is InChI=1S/C33H32ClF3N2O7S/c1-45-32(41)23(18-46-38-17-19-5-3-2-4-6-19)16-33(42)14-21-7-8-22(15-33)30(21)47(43,44)28-11-20(9-10-25(28)34)31(40)39-24-12-26(35)29(37)27(36)13-24/h2-6,9-13,18,21-22,30,38,42H,7-8,14-17H2,1H3,(H,39,40)/b23-18+. The molecule has 3 aromatic rings. The highest BCUT2D eigenvalue weighted by molar-refractivity contribution is 7.92. The van der Waals surface area contributed by atoms with E-state index in [0.29, 0.717) is 31.5 Å². The van der Waals surface area contributed by atoms with Crippen molar-refractivity contribution in [2.45, 2.75) is 54.4 Å². The van der Waals surface area contributed by atoms with Crippen molar-refractivity contribution in [2.24, 2.45) is 11.8 Å². The van der Waals surface area contributed by atoms with Crippen LogP contribution in [0.3, 0.4) is 0 Å². The van der Waals surface area contributed by atoms with Gasteiger partial charge in [-0.2, -0.15) is 5.48 Å². The third kappa shape index (κ3) is 7.64. The van der Waals surface area contributed by atoms with E-state index in [2.05, 4.69) is 10.8 Å². The maximum Gasteiger partial charge on any atom is 0.337 e. The molecule has 47 heavy (non-hydrogen) atoms. The molecule has 2 atom stereocenters. The van der Waals surface area contributed by atoms with Crippen molar-refractivity contribution in [1.29, 1.82) is 0 Å². The van der Waals surface area contributed by atoms with Crippen LogP contribution < -0.4 is 10.8 Å². The molecule has 0 radical (unpaired) electrons. The summed E-state index contributed by atoms with van der Waals surface area (Å²) in [5, 5.41) is 12.8. The summed E-state index contributed by atoms with van der Waals surface area (Å²) in [6, 6.07) is 14.2. The van der Waals surface area contributed by atoms with E-state index < -0.39 is 61.9 Å². The van der Waals surface area contributed by atoms with Crippen LogP contribution in [-0.4, -0.2) is 43.4 Å². The molecular weight excluding hydrogens is 661 g/mol. The smallest absolute Gasteiger partial charge is 0.337 e. The van der Waals surface area contributed by atoms with Crippen LogP contribution in [0.5, 0.6) is 0 Å². The number of halogens is 4. The average molecular weight is 693 g/mol. The molecule has 9 nitrogen and oxygen atoms in total. The lowest BCUT2D eigenvalue weighted by molar-refractivity contribution is -0.137. The maximum atomic E-state index is 14.1. The summed E-state index contributed by atoms with van der Waals surface area (Å²) in [5.74, 6) is -7.28. The lowest BCUT2D eigenvalue weighted by Crippen LogP contribution is -2.46. The number of esters is 1. The van der Waals surface area contributed by atoms with Gasteiger partial charge in [-0.05, 0) is 61.3 Å². The van der Waals surface area contributed by atoms with Crippen LogP contribution in [0.2, 0.25) is 5.02 Å². The van der Waals surface area contributed by atoms with Crippen LogP contribution in [0.25, 0.3) is 0 Å². The summed E-state index contributed by atoms with van der Waals surface area (Å²) < 4.78 is 73.6. The molecular formula is C33H32ClF3N2O7S. The Morgan fingerprint density at radius 1 is 1.02 bits per heavy atom. The summed E-state index contributed by atoms with van der Waals surface area (Å²) in [4.78, 5) is 30.5. The first-order valence-corrected chi connectivity index (χ1v) is 16.7. The number of nitrogens with one attached hydrogen (secondary N) is 2. The van der Waals surface area contributed by atoms with Gasteiger partial charge >= 0.3 is 5.97 Å². The van der Waals surface area contributed by atoms with Gasteiger partial charge in [0.2, 0.25) is 0 Å². The zero-order chi connectivity index (χ0) is 33.9. The minimum atomic E-state index is -4.15. The number of anilines is 1. The van der Waals surface area contributed by atoms with Crippen molar-refractivity contribution < 1.29 is 45.9 Å². The third-order valence-corrected chi connectivity index (χ3v) is 11.5. The van der Waals surface area contributed by atoms with Crippen LogP contribution in [0, 0.1) is 29.3 Å². The molecule has 14 heteroatoms. The molecule has 2 saturated carbocycles. The summed E-state index contributed by atoms with van der Waals surface area (Å²) in [7, 11) is -2.95. The minimum Gasteiger partial charge on any atom is -0.466 e. The first kappa shape index (κ1) is 34.4. The van der Waals surface area contributed by atoms with Gasteiger partial charge in [-0.1, -0.05) is 41.9 Å².